The van der Waals surface area contributed by atoms with Crippen molar-refractivity contribution in [2.24, 2.45) is 5.73 Å². The van der Waals surface area contributed by atoms with Crippen LogP contribution in [0.3, 0.4) is 0 Å². The molecule has 0 radical (unpaired) electrons. The molecule has 1 aromatic carbocycles. The minimum atomic E-state index is -3.38. The number of benzene rings is 1. The van der Waals surface area contributed by atoms with Gasteiger partial charge in [0.1, 0.15) is 4.99 Å². The van der Waals surface area contributed by atoms with E-state index in [-0.39, 0.29) is 16.8 Å². The topological polar surface area (TPSA) is 72.2 Å². The summed E-state index contributed by atoms with van der Waals surface area (Å²) in [6.45, 7) is 3.92. The molecule has 4 nitrogen and oxygen atoms in total. The van der Waals surface area contributed by atoms with Crippen LogP contribution in [0.4, 0.5) is 0 Å². The molecule has 0 saturated heterocycles. The van der Waals surface area contributed by atoms with Gasteiger partial charge in [-0.1, -0.05) is 50.3 Å². The molecule has 0 aliphatic carbocycles. The zero-order valence-corrected chi connectivity index (χ0v) is 12.9. The van der Waals surface area contributed by atoms with Gasteiger partial charge in [0.2, 0.25) is 10.0 Å². The van der Waals surface area contributed by atoms with Crippen molar-refractivity contribution in [1.82, 2.24) is 4.72 Å². The number of hydrogen-bond donors (Lipinski definition) is 2. The Morgan fingerprint density at radius 3 is 2.42 bits per heavy atom. The van der Waals surface area contributed by atoms with E-state index >= 15 is 0 Å². The third kappa shape index (κ3) is 4.89. The van der Waals surface area contributed by atoms with Crippen LogP contribution in [0.1, 0.15) is 37.8 Å². The molecular weight excluding hydrogens is 280 g/mol. The highest BCUT2D eigenvalue weighted by molar-refractivity contribution is 7.88. The van der Waals surface area contributed by atoms with Crippen LogP contribution in [0.25, 0.3) is 0 Å². The summed E-state index contributed by atoms with van der Waals surface area (Å²) in [6, 6.07) is 7.02. The van der Waals surface area contributed by atoms with Crippen molar-refractivity contribution in [1.29, 1.82) is 0 Å². The molecule has 1 rings (SSSR count). The summed E-state index contributed by atoms with van der Waals surface area (Å²) in [5.74, 6) is -0.100. The lowest BCUT2D eigenvalue weighted by Gasteiger charge is -2.16. The van der Waals surface area contributed by atoms with Gasteiger partial charge < -0.3 is 5.73 Å². The summed E-state index contributed by atoms with van der Waals surface area (Å²) >= 11 is 4.93. The van der Waals surface area contributed by atoms with Gasteiger partial charge in [0, 0.05) is 11.6 Å². The minimum Gasteiger partial charge on any atom is -0.389 e. The Morgan fingerprint density at radius 2 is 1.89 bits per heavy atom. The fourth-order valence-electron chi connectivity index (χ4n) is 1.84. The minimum absolute atomic E-state index is 0.0259. The van der Waals surface area contributed by atoms with Crippen molar-refractivity contribution in [3.8, 4) is 0 Å². The van der Waals surface area contributed by atoms with E-state index in [0.717, 1.165) is 12.8 Å². The van der Waals surface area contributed by atoms with Crippen molar-refractivity contribution in [3.05, 3.63) is 35.4 Å². The van der Waals surface area contributed by atoms with Crippen LogP contribution in [0, 0.1) is 0 Å². The fourth-order valence-corrected chi connectivity index (χ4v) is 3.63. The molecule has 0 aliphatic heterocycles. The molecule has 0 saturated carbocycles. The normalized spacial score (nSPS) is 11.7. The standard InChI is InChI=1S/C13H20N2O2S2/c1-3-11(4-2)15-19(16,17)9-10-7-5-6-8-12(10)13(14)18/h5-8,11,15H,3-4,9H2,1-2H3,(H2,14,18). The van der Waals surface area contributed by atoms with Crippen LogP contribution in [-0.4, -0.2) is 19.4 Å². The number of nitrogens with one attached hydrogen (secondary N) is 1. The zero-order chi connectivity index (χ0) is 14.5. The summed E-state index contributed by atoms with van der Waals surface area (Å²) in [7, 11) is -3.38. The molecule has 0 aromatic heterocycles. The first-order valence-corrected chi connectivity index (χ1v) is 8.33. The molecule has 0 spiro atoms. The van der Waals surface area contributed by atoms with Gasteiger partial charge in [0.05, 0.1) is 5.75 Å². The van der Waals surface area contributed by atoms with E-state index in [2.05, 4.69) is 4.72 Å². The SMILES string of the molecule is CCC(CC)NS(=O)(=O)Cc1ccccc1C(N)=S. The van der Waals surface area contributed by atoms with E-state index < -0.39 is 10.0 Å². The van der Waals surface area contributed by atoms with Crippen molar-refractivity contribution in [3.63, 3.8) is 0 Å². The number of thiocarbonyl (C=S) groups is 1. The average molecular weight is 300 g/mol. The molecule has 0 atom stereocenters. The molecule has 3 N–H and O–H groups in total. The maximum Gasteiger partial charge on any atom is 0.216 e. The van der Waals surface area contributed by atoms with Gasteiger partial charge in [-0.2, -0.15) is 0 Å². The molecule has 19 heavy (non-hydrogen) atoms. The predicted molar refractivity (Wildman–Crippen MR) is 82.5 cm³/mol. The van der Waals surface area contributed by atoms with Gasteiger partial charge in [0.15, 0.2) is 0 Å². The lowest BCUT2D eigenvalue weighted by atomic mass is 10.1. The predicted octanol–water partition coefficient (Wildman–Crippen LogP) is 1.93. The van der Waals surface area contributed by atoms with Crippen molar-refractivity contribution in [2.75, 3.05) is 0 Å². The monoisotopic (exact) mass is 300 g/mol. The zero-order valence-electron chi connectivity index (χ0n) is 11.2. The highest BCUT2D eigenvalue weighted by Gasteiger charge is 2.18. The first-order valence-electron chi connectivity index (χ1n) is 6.27. The Labute approximate surface area is 120 Å². The van der Waals surface area contributed by atoms with Crippen LogP contribution in [-0.2, 0) is 15.8 Å². The Bertz CT molecular complexity index is 537. The van der Waals surface area contributed by atoms with E-state index in [4.69, 9.17) is 18.0 Å². The van der Waals surface area contributed by atoms with Crippen molar-refractivity contribution < 1.29 is 8.42 Å². The maximum absolute atomic E-state index is 12.1. The van der Waals surface area contributed by atoms with Crippen molar-refractivity contribution >= 4 is 27.2 Å². The van der Waals surface area contributed by atoms with E-state index in [9.17, 15) is 8.42 Å². The van der Waals surface area contributed by atoms with Crippen LogP contribution < -0.4 is 10.5 Å². The Morgan fingerprint density at radius 1 is 1.32 bits per heavy atom. The number of rotatable bonds is 7. The average Bonchev–Trinajstić information content (AvgIpc) is 2.35. The molecule has 6 heteroatoms. The summed E-state index contributed by atoms with van der Waals surface area (Å²) in [5, 5.41) is 0. The van der Waals surface area contributed by atoms with Crippen LogP contribution in [0.15, 0.2) is 24.3 Å². The number of hydrogen-bond acceptors (Lipinski definition) is 3. The third-order valence-electron chi connectivity index (χ3n) is 2.96. The van der Waals surface area contributed by atoms with Gasteiger partial charge in [0.25, 0.3) is 0 Å². The van der Waals surface area contributed by atoms with Gasteiger partial charge in [-0.15, -0.1) is 0 Å². The number of nitrogens with two attached hydrogens (primary N) is 1. The van der Waals surface area contributed by atoms with Crippen LogP contribution in [0.5, 0.6) is 0 Å². The number of sulfonamides is 1. The van der Waals surface area contributed by atoms with E-state index in [1.54, 1.807) is 24.3 Å². The van der Waals surface area contributed by atoms with E-state index in [1.165, 1.54) is 0 Å². The largest absolute Gasteiger partial charge is 0.389 e. The van der Waals surface area contributed by atoms with Gasteiger partial charge in [-0.05, 0) is 18.4 Å². The lowest BCUT2D eigenvalue weighted by molar-refractivity contribution is 0.529. The summed E-state index contributed by atoms with van der Waals surface area (Å²) < 4.78 is 26.9. The molecule has 1 aromatic rings. The third-order valence-corrected chi connectivity index (χ3v) is 4.56. The molecule has 0 heterocycles. The smallest absolute Gasteiger partial charge is 0.216 e. The summed E-state index contributed by atoms with van der Waals surface area (Å²) in [4.78, 5) is 0.216. The lowest BCUT2D eigenvalue weighted by Crippen LogP contribution is -2.35. The second-order valence-corrected chi connectivity index (χ2v) is 6.61. The first kappa shape index (κ1) is 16.1. The Kier molecular flexibility index (Phi) is 5.90. The summed E-state index contributed by atoms with van der Waals surface area (Å²) in [6.07, 6.45) is 1.54. The van der Waals surface area contributed by atoms with E-state index in [0.29, 0.717) is 11.1 Å². The second-order valence-electron chi connectivity index (χ2n) is 4.41. The second kappa shape index (κ2) is 6.98. The highest BCUT2D eigenvalue weighted by Crippen LogP contribution is 2.13. The Hall–Kier alpha value is -0.980. The molecule has 106 valence electrons. The molecule has 0 unspecified atom stereocenters. The van der Waals surface area contributed by atoms with Crippen LogP contribution in [0.2, 0.25) is 0 Å². The van der Waals surface area contributed by atoms with E-state index in [1.807, 2.05) is 13.8 Å². The van der Waals surface area contributed by atoms with Gasteiger partial charge in [-0.25, -0.2) is 13.1 Å². The van der Waals surface area contributed by atoms with Gasteiger partial charge in [-0.3, -0.25) is 0 Å². The fraction of sp³-hybridized carbons (Fsp3) is 0.462. The van der Waals surface area contributed by atoms with Crippen molar-refractivity contribution in [2.45, 2.75) is 38.5 Å². The molecule has 0 aliphatic rings. The molecule has 0 bridgehead atoms. The Balaban J connectivity index is 2.93. The molecule has 0 amide bonds. The van der Waals surface area contributed by atoms with Crippen LogP contribution >= 0.6 is 12.2 Å². The quantitative estimate of drug-likeness (QED) is 0.755. The van der Waals surface area contributed by atoms with Gasteiger partial charge >= 0.3 is 0 Å². The molecule has 0 fully saturated rings. The first-order chi connectivity index (χ1) is 8.89. The highest BCUT2D eigenvalue weighted by atomic mass is 32.2. The molecular formula is C13H20N2O2S2. The maximum atomic E-state index is 12.1. The summed E-state index contributed by atoms with van der Waals surface area (Å²) in [5.41, 5.74) is 6.85.